The highest BCUT2D eigenvalue weighted by Gasteiger charge is 2.12. The molecule has 0 amide bonds. The summed E-state index contributed by atoms with van der Waals surface area (Å²) in [6, 6.07) is 56.8. The molecule has 0 spiro atoms. The van der Waals surface area contributed by atoms with Gasteiger partial charge in [0.05, 0.1) is 22.6 Å². The van der Waals surface area contributed by atoms with E-state index >= 15 is 0 Å². The Labute approximate surface area is 256 Å². The van der Waals surface area contributed by atoms with Gasteiger partial charge in [-0.1, -0.05) is 133 Å². The SMILES string of the molecule is c1ccc(-c2ccc(-c3nc(-c4ccccc4)cc(-c4cccc(-c5ccc6cc7ccccc7cc6n5)c4)n3)cc2)cc1. The molecule has 0 atom stereocenters. The molecule has 0 bridgehead atoms. The molecule has 44 heavy (non-hydrogen) atoms. The Hall–Kier alpha value is -5.93. The minimum atomic E-state index is 0.696. The van der Waals surface area contributed by atoms with Crippen LogP contribution in [0.25, 0.3) is 78.0 Å². The van der Waals surface area contributed by atoms with E-state index in [-0.39, 0.29) is 0 Å². The quantitative estimate of drug-likeness (QED) is 0.196. The van der Waals surface area contributed by atoms with Gasteiger partial charge in [0.15, 0.2) is 5.82 Å². The van der Waals surface area contributed by atoms with Crippen LogP contribution < -0.4 is 0 Å². The molecule has 0 fully saturated rings. The summed E-state index contributed by atoms with van der Waals surface area (Å²) in [7, 11) is 0. The molecule has 0 radical (unpaired) electrons. The maximum atomic E-state index is 5.09. The lowest BCUT2D eigenvalue weighted by Gasteiger charge is -2.11. The zero-order chi connectivity index (χ0) is 29.3. The number of hydrogen-bond acceptors (Lipinski definition) is 3. The van der Waals surface area contributed by atoms with Crippen LogP contribution in [-0.4, -0.2) is 15.0 Å². The van der Waals surface area contributed by atoms with E-state index in [1.54, 1.807) is 0 Å². The normalized spacial score (nSPS) is 11.2. The second-order valence-corrected chi connectivity index (χ2v) is 10.9. The van der Waals surface area contributed by atoms with Crippen LogP contribution in [0, 0.1) is 0 Å². The van der Waals surface area contributed by atoms with Crippen molar-refractivity contribution in [2.75, 3.05) is 0 Å². The Balaban J connectivity index is 1.21. The summed E-state index contributed by atoms with van der Waals surface area (Å²) < 4.78 is 0. The van der Waals surface area contributed by atoms with Crippen LogP contribution >= 0.6 is 0 Å². The first kappa shape index (κ1) is 25.8. The second kappa shape index (κ2) is 11.0. The van der Waals surface area contributed by atoms with Crippen LogP contribution in [0.2, 0.25) is 0 Å². The molecule has 0 unspecified atom stereocenters. The van der Waals surface area contributed by atoms with E-state index in [1.807, 2.05) is 24.3 Å². The molecular formula is C41H27N3. The lowest BCUT2D eigenvalue weighted by Crippen LogP contribution is -1.96. The first-order chi connectivity index (χ1) is 21.8. The molecule has 6 aromatic carbocycles. The molecule has 206 valence electrons. The zero-order valence-corrected chi connectivity index (χ0v) is 23.9. The zero-order valence-electron chi connectivity index (χ0n) is 23.9. The molecule has 3 nitrogen and oxygen atoms in total. The predicted molar refractivity (Wildman–Crippen MR) is 182 cm³/mol. The number of benzene rings is 6. The first-order valence-electron chi connectivity index (χ1n) is 14.8. The van der Waals surface area contributed by atoms with Crippen molar-refractivity contribution in [1.29, 1.82) is 0 Å². The molecule has 0 saturated carbocycles. The Kier molecular flexibility index (Phi) is 6.47. The summed E-state index contributed by atoms with van der Waals surface area (Å²) in [5, 5.41) is 3.55. The Morgan fingerprint density at radius 2 is 0.818 bits per heavy atom. The molecule has 8 rings (SSSR count). The van der Waals surface area contributed by atoms with E-state index in [9.17, 15) is 0 Å². The van der Waals surface area contributed by atoms with Crippen molar-refractivity contribution in [2.24, 2.45) is 0 Å². The number of pyridine rings is 1. The van der Waals surface area contributed by atoms with Crippen LogP contribution in [-0.2, 0) is 0 Å². The molecule has 2 aromatic heterocycles. The number of aromatic nitrogens is 3. The van der Waals surface area contributed by atoms with E-state index in [1.165, 1.54) is 16.3 Å². The van der Waals surface area contributed by atoms with Crippen LogP contribution in [0.1, 0.15) is 0 Å². The van der Waals surface area contributed by atoms with Gasteiger partial charge in [0.2, 0.25) is 0 Å². The Morgan fingerprint density at radius 1 is 0.273 bits per heavy atom. The molecule has 3 heteroatoms. The van der Waals surface area contributed by atoms with Crippen LogP contribution in [0.15, 0.2) is 164 Å². The summed E-state index contributed by atoms with van der Waals surface area (Å²) in [6.45, 7) is 0. The van der Waals surface area contributed by atoms with Crippen LogP contribution in [0.3, 0.4) is 0 Å². The van der Waals surface area contributed by atoms with Crippen molar-refractivity contribution in [2.45, 2.75) is 0 Å². The number of nitrogens with zero attached hydrogens (tertiary/aromatic N) is 3. The van der Waals surface area contributed by atoms with Crippen molar-refractivity contribution in [3.8, 4) is 56.3 Å². The third-order valence-corrected chi connectivity index (χ3v) is 8.06. The van der Waals surface area contributed by atoms with E-state index < -0.39 is 0 Å². The summed E-state index contributed by atoms with van der Waals surface area (Å²) in [5.74, 6) is 0.696. The summed E-state index contributed by atoms with van der Waals surface area (Å²) in [4.78, 5) is 15.2. The van der Waals surface area contributed by atoms with E-state index in [0.29, 0.717) is 5.82 Å². The summed E-state index contributed by atoms with van der Waals surface area (Å²) >= 11 is 0. The van der Waals surface area contributed by atoms with Crippen molar-refractivity contribution >= 4 is 21.7 Å². The monoisotopic (exact) mass is 561 g/mol. The Bertz CT molecular complexity index is 2260. The average Bonchev–Trinajstić information content (AvgIpc) is 3.11. The molecule has 0 aliphatic rings. The molecule has 8 aromatic rings. The Morgan fingerprint density at radius 3 is 1.55 bits per heavy atom. The summed E-state index contributed by atoms with van der Waals surface area (Å²) in [6.07, 6.45) is 0. The maximum absolute atomic E-state index is 5.09. The molecule has 0 aliphatic heterocycles. The minimum absolute atomic E-state index is 0.696. The van der Waals surface area contributed by atoms with Crippen molar-refractivity contribution < 1.29 is 0 Å². The van der Waals surface area contributed by atoms with Gasteiger partial charge in [0, 0.05) is 27.6 Å². The van der Waals surface area contributed by atoms with Gasteiger partial charge in [-0.3, -0.25) is 0 Å². The molecular weight excluding hydrogens is 534 g/mol. The summed E-state index contributed by atoms with van der Waals surface area (Å²) in [5.41, 5.74) is 10.1. The van der Waals surface area contributed by atoms with Gasteiger partial charge >= 0.3 is 0 Å². The van der Waals surface area contributed by atoms with E-state index in [0.717, 1.165) is 55.8 Å². The predicted octanol–water partition coefficient (Wildman–Crippen LogP) is 10.5. The molecule has 0 aliphatic carbocycles. The molecule has 0 saturated heterocycles. The van der Waals surface area contributed by atoms with Crippen molar-refractivity contribution in [3.63, 3.8) is 0 Å². The van der Waals surface area contributed by atoms with Crippen molar-refractivity contribution in [1.82, 2.24) is 15.0 Å². The van der Waals surface area contributed by atoms with E-state index in [4.69, 9.17) is 15.0 Å². The van der Waals surface area contributed by atoms with E-state index in [2.05, 4.69) is 140 Å². The molecule has 2 heterocycles. The minimum Gasteiger partial charge on any atom is -0.248 e. The van der Waals surface area contributed by atoms with Crippen LogP contribution in [0.5, 0.6) is 0 Å². The highest BCUT2D eigenvalue weighted by atomic mass is 14.9. The first-order valence-corrected chi connectivity index (χ1v) is 14.8. The van der Waals surface area contributed by atoms with Gasteiger partial charge in [0.25, 0.3) is 0 Å². The second-order valence-electron chi connectivity index (χ2n) is 10.9. The van der Waals surface area contributed by atoms with Gasteiger partial charge in [0.1, 0.15) is 0 Å². The van der Waals surface area contributed by atoms with Gasteiger partial charge in [-0.2, -0.15) is 0 Å². The standard InChI is InChI=1S/C41H27N3/c1-3-10-28(11-4-1)29-18-20-31(21-19-29)41-43-39(30-12-5-2-6-13-30)27-40(44-41)35-17-9-16-34(25-35)37-23-22-36-24-32-14-7-8-15-33(32)26-38(36)42-37/h1-27H. The topological polar surface area (TPSA) is 38.7 Å². The largest absolute Gasteiger partial charge is 0.248 e. The van der Waals surface area contributed by atoms with Gasteiger partial charge in [-0.05, 0) is 52.2 Å². The smallest absolute Gasteiger partial charge is 0.160 e. The lowest BCUT2D eigenvalue weighted by molar-refractivity contribution is 1.18. The number of rotatable bonds is 5. The molecule has 0 N–H and O–H groups in total. The number of fused-ring (bicyclic) bond motifs is 2. The van der Waals surface area contributed by atoms with Gasteiger partial charge in [-0.15, -0.1) is 0 Å². The highest BCUT2D eigenvalue weighted by molar-refractivity contribution is 5.97. The lowest BCUT2D eigenvalue weighted by atomic mass is 10.0. The third kappa shape index (κ3) is 5.01. The van der Waals surface area contributed by atoms with Gasteiger partial charge in [-0.25, -0.2) is 15.0 Å². The van der Waals surface area contributed by atoms with Crippen LogP contribution in [0.4, 0.5) is 0 Å². The average molecular weight is 562 g/mol. The highest BCUT2D eigenvalue weighted by Crippen LogP contribution is 2.32. The fourth-order valence-corrected chi connectivity index (χ4v) is 5.73. The number of hydrogen-bond donors (Lipinski definition) is 0. The fourth-order valence-electron chi connectivity index (χ4n) is 5.73. The van der Waals surface area contributed by atoms with Crippen molar-refractivity contribution in [3.05, 3.63) is 164 Å². The third-order valence-electron chi connectivity index (χ3n) is 8.06. The maximum Gasteiger partial charge on any atom is 0.160 e. The fraction of sp³-hybridized carbons (Fsp3) is 0. The van der Waals surface area contributed by atoms with Gasteiger partial charge < -0.3 is 0 Å².